The van der Waals surface area contributed by atoms with E-state index < -0.39 is 0 Å². The summed E-state index contributed by atoms with van der Waals surface area (Å²) in [5, 5.41) is 4.39. The fraction of sp³-hybridized carbons (Fsp3) is 0.318. The molecule has 5 rings (SSSR count). The highest BCUT2D eigenvalue weighted by Gasteiger charge is 2.57. The van der Waals surface area contributed by atoms with E-state index in [4.69, 9.17) is 16.3 Å². The van der Waals surface area contributed by atoms with Crippen molar-refractivity contribution in [1.82, 2.24) is 15.3 Å². The first-order valence-electron chi connectivity index (χ1n) is 9.67. The van der Waals surface area contributed by atoms with E-state index in [-0.39, 0.29) is 23.9 Å². The van der Waals surface area contributed by atoms with Crippen molar-refractivity contribution in [2.24, 2.45) is 11.8 Å². The van der Waals surface area contributed by atoms with Gasteiger partial charge in [-0.3, -0.25) is 4.79 Å². The molecule has 2 aliphatic carbocycles. The second kappa shape index (κ2) is 7.26. The van der Waals surface area contributed by atoms with E-state index in [1.807, 2.05) is 12.1 Å². The van der Waals surface area contributed by atoms with Gasteiger partial charge in [0.1, 0.15) is 18.2 Å². The van der Waals surface area contributed by atoms with E-state index in [0.717, 1.165) is 18.4 Å². The van der Waals surface area contributed by atoms with Crippen LogP contribution < -0.4 is 10.1 Å². The summed E-state index contributed by atoms with van der Waals surface area (Å²) in [7, 11) is 0. The number of nitrogens with zero attached hydrogens (tertiary/aromatic N) is 2. The highest BCUT2D eigenvalue weighted by Crippen LogP contribution is 2.53. The van der Waals surface area contributed by atoms with Gasteiger partial charge in [-0.15, -0.1) is 0 Å². The predicted octanol–water partition coefficient (Wildman–Crippen LogP) is 3.94. The fourth-order valence-electron chi connectivity index (χ4n) is 4.38. The Balaban J connectivity index is 1.16. The third-order valence-electron chi connectivity index (χ3n) is 5.85. The molecule has 2 fully saturated rings. The molecule has 1 amide bonds. The number of ether oxygens (including phenoxy) is 1. The van der Waals surface area contributed by atoms with Crippen LogP contribution in [-0.4, -0.2) is 28.0 Å². The molecule has 2 aliphatic rings. The van der Waals surface area contributed by atoms with Gasteiger partial charge < -0.3 is 10.1 Å². The van der Waals surface area contributed by atoms with Crippen LogP contribution in [0.15, 0.2) is 48.8 Å². The van der Waals surface area contributed by atoms with Crippen molar-refractivity contribution in [2.75, 3.05) is 0 Å². The summed E-state index contributed by atoms with van der Waals surface area (Å²) in [6, 6.07) is 11.9. The first-order valence-corrected chi connectivity index (χ1v) is 10.1. The van der Waals surface area contributed by atoms with Crippen molar-refractivity contribution < 1.29 is 13.9 Å². The predicted molar refractivity (Wildman–Crippen MR) is 107 cm³/mol. The SMILES string of the molecule is O=C(Cc1ccc(Cl)cc1)NC1C2CC(Oc3ncnc4ccc(F)cc34)CC21. The number of carbonyl (C=O) groups is 1. The normalized spacial score (nSPS) is 24.9. The number of halogens is 2. The van der Waals surface area contributed by atoms with Gasteiger partial charge >= 0.3 is 0 Å². The minimum absolute atomic E-state index is 0.0239. The molecule has 148 valence electrons. The van der Waals surface area contributed by atoms with Gasteiger partial charge in [-0.1, -0.05) is 23.7 Å². The summed E-state index contributed by atoms with van der Waals surface area (Å²) >= 11 is 5.88. The quantitative estimate of drug-likeness (QED) is 0.690. The third-order valence-corrected chi connectivity index (χ3v) is 6.10. The van der Waals surface area contributed by atoms with E-state index in [9.17, 15) is 9.18 Å². The number of fused-ring (bicyclic) bond motifs is 2. The van der Waals surface area contributed by atoms with E-state index in [1.165, 1.54) is 18.5 Å². The second-order valence-corrected chi connectivity index (χ2v) is 8.21. The molecule has 0 spiro atoms. The smallest absolute Gasteiger partial charge is 0.224 e. The van der Waals surface area contributed by atoms with Gasteiger partial charge in [0, 0.05) is 11.1 Å². The van der Waals surface area contributed by atoms with Crippen LogP contribution in [0.5, 0.6) is 5.88 Å². The first-order chi connectivity index (χ1) is 14.1. The molecular formula is C22H19ClFN3O2. The molecule has 7 heteroatoms. The lowest BCUT2D eigenvalue weighted by Crippen LogP contribution is -2.32. The number of nitrogens with one attached hydrogen (secondary N) is 1. The Bertz CT molecular complexity index is 1060. The van der Waals surface area contributed by atoms with Gasteiger partial charge in [0.25, 0.3) is 0 Å². The zero-order chi connectivity index (χ0) is 20.0. The summed E-state index contributed by atoms with van der Waals surface area (Å²) in [4.78, 5) is 20.6. The van der Waals surface area contributed by atoms with E-state index in [2.05, 4.69) is 15.3 Å². The van der Waals surface area contributed by atoms with Gasteiger partial charge in [0.05, 0.1) is 17.3 Å². The standard InChI is InChI=1S/C22H19ClFN3O2/c23-13-3-1-12(2-4-13)7-20(28)27-21-16-9-15(10-17(16)21)29-22-18-8-14(24)5-6-19(18)25-11-26-22/h1-6,8,11,15-17,21H,7,9-10H2,(H,27,28). The van der Waals surface area contributed by atoms with Gasteiger partial charge in [-0.05, 0) is 60.6 Å². The molecule has 2 aromatic carbocycles. The van der Waals surface area contributed by atoms with Crippen LogP contribution in [0.3, 0.4) is 0 Å². The number of amides is 1. The summed E-state index contributed by atoms with van der Waals surface area (Å²) in [5.41, 5.74) is 1.61. The van der Waals surface area contributed by atoms with Crippen molar-refractivity contribution >= 4 is 28.4 Å². The lowest BCUT2D eigenvalue weighted by Gasteiger charge is -2.17. The van der Waals surface area contributed by atoms with Crippen molar-refractivity contribution in [3.63, 3.8) is 0 Å². The van der Waals surface area contributed by atoms with Gasteiger partial charge in [-0.25, -0.2) is 14.4 Å². The zero-order valence-electron chi connectivity index (χ0n) is 15.5. The molecule has 1 N–H and O–H groups in total. The molecule has 2 unspecified atom stereocenters. The molecule has 5 nitrogen and oxygen atoms in total. The number of hydrogen-bond donors (Lipinski definition) is 1. The lowest BCUT2D eigenvalue weighted by atomic mass is 10.1. The van der Waals surface area contributed by atoms with E-state index in [1.54, 1.807) is 18.2 Å². The Morgan fingerprint density at radius 1 is 1.14 bits per heavy atom. The minimum atomic E-state index is -0.338. The van der Waals surface area contributed by atoms with Gasteiger partial charge in [-0.2, -0.15) is 0 Å². The van der Waals surface area contributed by atoms with Crippen LogP contribution >= 0.6 is 11.6 Å². The minimum Gasteiger partial charge on any atom is -0.474 e. The molecule has 0 bridgehead atoms. The van der Waals surface area contributed by atoms with E-state index in [0.29, 0.717) is 40.1 Å². The Labute approximate surface area is 172 Å². The maximum Gasteiger partial charge on any atom is 0.224 e. The summed E-state index contributed by atoms with van der Waals surface area (Å²) < 4.78 is 19.7. The average Bonchev–Trinajstić information content (AvgIpc) is 3.14. The average molecular weight is 412 g/mol. The van der Waals surface area contributed by atoms with Crippen LogP contribution in [0.4, 0.5) is 4.39 Å². The maximum absolute atomic E-state index is 13.6. The fourth-order valence-corrected chi connectivity index (χ4v) is 4.51. The van der Waals surface area contributed by atoms with Crippen molar-refractivity contribution in [2.45, 2.75) is 31.4 Å². The molecule has 0 radical (unpaired) electrons. The molecule has 1 heterocycles. The number of hydrogen-bond acceptors (Lipinski definition) is 4. The molecule has 2 saturated carbocycles. The largest absolute Gasteiger partial charge is 0.474 e. The lowest BCUT2D eigenvalue weighted by molar-refractivity contribution is -0.120. The molecule has 1 aromatic heterocycles. The molecule has 29 heavy (non-hydrogen) atoms. The maximum atomic E-state index is 13.6. The number of benzene rings is 2. The molecule has 2 atom stereocenters. The zero-order valence-corrected chi connectivity index (χ0v) is 16.3. The summed E-state index contributed by atoms with van der Waals surface area (Å²) in [6.45, 7) is 0. The van der Waals surface area contributed by atoms with Gasteiger partial charge in [0.2, 0.25) is 11.8 Å². The Morgan fingerprint density at radius 3 is 2.66 bits per heavy atom. The summed E-state index contributed by atoms with van der Waals surface area (Å²) in [5.74, 6) is 0.971. The third kappa shape index (κ3) is 3.77. The Kier molecular flexibility index (Phi) is 4.59. The Hall–Kier alpha value is -2.73. The van der Waals surface area contributed by atoms with Crippen LogP contribution in [0.25, 0.3) is 10.9 Å². The first kappa shape index (κ1) is 18.3. The monoisotopic (exact) mass is 411 g/mol. The molecular weight excluding hydrogens is 393 g/mol. The number of rotatable bonds is 5. The van der Waals surface area contributed by atoms with Crippen LogP contribution in [-0.2, 0) is 11.2 Å². The van der Waals surface area contributed by atoms with E-state index >= 15 is 0 Å². The van der Waals surface area contributed by atoms with Crippen molar-refractivity contribution in [1.29, 1.82) is 0 Å². The molecule has 0 aliphatic heterocycles. The number of aromatic nitrogens is 2. The van der Waals surface area contributed by atoms with Crippen LogP contribution in [0, 0.1) is 17.7 Å². The van der Waals surface area contributed by atoms with Gasteiger partial charge in [0.15, 0.2) is 0 Å². The number of carbonyl (C=O) groups excluding carboxylic acids is 1. The molecule has 3 aromatic rings. The topological polar surface area (TPSA) is 64.1 Å². The van der Waals surface area contributed by atoms with Crippen LogP contribution in [0.1, 0.15) is 18.4 Å². The Morgan fingerprint density at radius 2 is 1.90 bits per heavy atom. The molecule has 0 saturated heterocycles. The second-order valence-electron chi connectivity index (χ2n) is 7.78. The van der Waals surface area contributed by atoms with Crippen molar-refractivity contribution in [3.05, 3.63) is 65.2 Å². The van der Waals surface area contributed by atoms with Crippen molar-refractivity contribution in [3.8, 4) is 5.88 Å². The highest BCUT2D eigenvalue weighted by molar-refractivity contribution is 6.30. The highest BCUT2D eigenvalue weighted by atomic mass is 35.5. The van der Waals surface area contributed by atoms with Crippen LogP contribution in [0.2, 0.25) is 5.02 Å². The summed E-state index contributed by atoms with van der Waals surface area (Å²) in [6.07, 6.45) is 3.53.